The van der Waals surface area contributed by atoms with Crippen LogP contribution in [0.4, 0.5) is 0 Å². The van der Waals surface area contributed by atoms with Gasteiger partial charge in [-0.1, -0.05) is 6.08 Å². The molecule has 0 saturated carbocycles. The van der Waals surface area contributed by atoms with Crippen LogP contribution in [-0.4, -0.2) is 24.3 Å². The third kappa shape index (κ3) is 1.71. The second-order valence-electron chi connectivity index (χ2n) is 3.02. The van der Waals surface area contributed by atoms with E-state index in [-0.39, 0.29) is 0 Å². The number of carboxylic acid groups (broad SMARTS) is 1. The SMILES string of the molecule is O=C(O)c1sccc1C1=CCOCC1. The average Bonchev–Trinajstić information content (AvgIpc) is 2.67. The number of hydrogen-bond donors (Lipinski definition) is 1. The van der Waals surface area contributed by atoms with Gasteiger partial charge in [-0.25, -0.2) is 4.79 Å². The van der Waals surface area contributed by atoms with Crippen LogP contribution in [0.15, 0.2) is 17.5 Å². The fourth-order valence-corrected chi connectivity index (χ4v) is 2.27. The number of ether oxygens (including phenoxy) is 1. The quantitative estimate of drug-likeness (QED) is 0.814. The van der Waals surface area contributed by atoms with Gasteiger partial charge in [0.25, 0.3) is 0 Å². The van der Waals surface area contributed by atoms with E-state index in [0.29, 0.717) is 18.1 Å². The summed E-state index contributed by atoms with van der Waals surface area (Å²) in [5.41, 5.74) is 1.95. The summed E-state index contributed by atoms with van der Waals surface area (Å²) in [5.74, 6) is -0.845. The van der Waals surface area contributed by atoms with Crippen LogP contribution in [-0.2, 0) is 4.74 Å². The highest BCUT2D eigenvalue weighted by molar-refractivity contribution is 7.12. The van der Waals surface area contributed by atoms with Crippen molar-refractivity contribution in [2.75, 3.05) is 13.2 Å². The van der Waals surface area contributed by atoms with E-state index in [1.807, 2.05) is 17.5 Å². The van der Waals surface area contributed by atoms with Gasteiger partial charge < -0.3 is 9.84 Å². The summed E-state index contributed by atoms with van der Waals surface area (Å²) < 4.78 is 5.18. The van der Waals surface area contributed by atoms with Gasteiger partial charge in [0.05, 0.1) is 13.2 Å². The van der Waals surface area contributed by atoms with Crippen LogP contribution in [0.25, 0.3) is 5.57 Å². The monoisotopic (exact) mass is 210 g/mol. The van der Waals surface area contributed by atoms with E-state index in [9.17, 15) is 4.79 Å². The highest BCUT2D eigenvalue weighted by Gasteiger charge is 2.16. The molecule has 0 unspecified atom stereocenters. The Kier molecular flexibility index (Phi) is 2.65. The molecule has 0 bridgehead atoms. The number of hydrogen-bond acceptors (Lipinski definition) is 3. The van der Waals surface area contributed by atoms with Crippen LogP contribution < -0.4 is 0 Å². The molecule has 0 saturated heterocycles. The van der Waals surface area contributed by atoms with Gasteiger partial charge in [-0.15, -0.1) is 11.3 Å². The Hall–Kier alpha value is -1.13. The van der Waals surface area contributed by atoms with E-state index in [2.05, 4.69) is 0 Å². The minimum atomic E-state index is -0.845. The summed E-state index contributed by atoms with van der Waals surface area (Å²) in [6.45, 7) is 1.27. The van der Waals surface area contributed by atoms with Crippen molar-refractivity contribution in [3.8, 4) is 0 Å². The molecule has 0 radical (unpaired) electrons. The number of thiophene rings is 1. The van der Waals surface area contributed by atoms with E-state index in [1.165, 1.54) is 11.3 Å². The average molecular weight is 210 g/mol. The van der Waals surface area contributed by atoms with Crippen LogP contribution in [0.1, 0.15) is 21.7 Å². The summed E-state index contributed by atoms with van der Waals surface area (Å²) in [5, 5.41) is 10.8. The first kappa shape index (κ1) is 9.43. The molecule has 1 aromatic heterocycles. The van der Waals surface area contributed by atoms with E-state index >= 15 is 0 Å². The molecular formula is C10H10O3S. The van der Waals surface area contributed by atoms with Crippen molar-refractivity contribution < 1.29 is 14.6 Å². The lowest BCUT2D eigenvalue weighted by Crippen LogP contribution is -2.05. The van der Waals surface area contributed by atoms with Crippen LogP contribution in [0.3, 0.4) is 0 Å². The highest BCUT2D eigenvalue weighted by Crippen LogP contribution is 2.28. The molecule has 1 aromatic rings. The molecule has 1 aliphatic heterocycles. The molecule has 0 aliphatic carbocycles. The molecule has 3 nitrogen and oxygen atoms in total. The van der Waals surface area contributed by atoms with E-state index in [1.54, 1.807) is 0 Å². The maximum Gasteiger partial charge on any atom is 0.346 e. The van der Waals surface area contributed by atoms with Crippen molar-refractivity contribution in [1.29, 1.82) is 0 Å². The van der Waals surface area contributed by atoms with Crippen molar-refractivity contribution in [3.05, 3.63) is 28.0 Å². The van der Waals surface area contributed by atoms with Gasteiger partial charge in [0, 0.05) is 5.56 Å². The zero-order valence-corrected chi connectivity index (χ0v) is 8.34. The maximum atomic E-state index is 10.9. The summed E-state index contributed by atoms with van der Waals surface area (Å²) >= 11 is 1.27. The van der Waals surface area contributed by atoms with E-state index in [4.69, 9.17) is 9.84 Å². The standard InChI is InChI=1S/C10H10O3S/c11-10(12)9-8(3-6-14-9)7-1-4-13-5-2-7/h1,3,6H,2,4-5H2,(H,11,12). The van der Waals surface area contributed by atoms with Crippen molar-refractivity contribution >= 4 is 22.9 Å². The lowest BCUT2D eigenvalue weighted by atomic mass is 10.0. The molecule has 0 spiro atoms. The molecule has 74 valence electrons. The first-order valence-electron chi connectivity index (χ1n) is 4.37. The molecule has 0 atom stereocenters. The van der Waals surface area contributed by atoms with Crippen LogP contribution in [0, 0.1) is 0 Å². The van der Waals surface area contributed by atoms with Crippen molar-refractivity contribution in [2.24, 2.45) is 0 Å². The Morgan fingerprint density at radius 1 is 1.57 bits per heavy atom. The minimum Gasteiger partial charge on any atom is -0.477 e. The van der Waals surface area contributed by atoms with Gasteiger partial charge >= 0.3 is 5.97 Å². The minimum absolute atomic E-state index is 0.429. The molecular weight excluding hydrogens is 200 g/mol. The zero-order valence-electron chi connectivity index (χ0n) is 7.53. The number of carbonyl (C=O) groups is 1. The number of carboxylic acids is 1. The van der Waals surface area contributed by atoms with Gasteiger partial charge in [-0.3, -0.25) is 0 Å². The predicted octanol–water partition coefficient (Wildman–Crippen LogP) is 2.25. The van der Waals surface area contributed by atoms with Crippen LogP contribution in [0.2, 0.25) is 0 Å². The second kappa shape index (κ2) is 3.94. The Morgan fingerprint density at radius 2 is 2.43 bits per heavy atom. The third-order valence-corrected chi connectivity index (χ3v) is 3.07. The Labute approximate surface area is 85.6 Å². The Bertz CT molecular complexity index is 378. The molecule has 0 amide bonds. The lowest BCUT2D eigenvalue weighted by molar-refractivity contribution is 0.0701. The van der Waals surface area contributed by atoms with E-state index < -0.39 is 5.97 Å². The van der Waals surface area contributed by atoms with Crippen molar-refractivity contribution in [1.82, 2.24) is 0 Å². The van der Waals surface area contributed by atoms with Crippen LogP contribution in [0.5, 0.6) is 0 Å². The largest absolute Gasteiger partial charge is 0.477 e. The fourth-order valence-electron chi connectivity index (χ4n) is 1.50. The lowest BCUT2D eigenvalue weighted by Gasteiger charge is -2.12. The Balaban J connectivity index is 2.35. The predicted molar refractivity (Wildman–Crippen MR) is 54.7 cm³/mol. The smallest absolute Gasteiger partial charge is 0.346 e. The topological polar surface area (TPSA) is 46.5 Å². The van der Waals surface area contributed by atoms with Crippen molar-refractivity contribution in [2.45, 2.75) is 6.42 Å². The summed E-state index contributed by atoms with van der Waals surface area (Å²) in [6, 6.07) is 1.87. The van der Waals surface area contributed by atoms with Crippen molar-refractivity contribution in [3.63, 3.8) is 0 Å². The zero-order chi connectivity index (χ0) is 9.97. The molecule has 0 fully saturated rings. The first-order chi connectivity index (χ1) is 6.79. The maximum absolute atomic E-state index is 10.9. The molecule has 2 heterocycles. The molecule has 0 aromatic carbocycles. The molecule has 4 heteroatoms. The second-order valence-corrected chi connectivity index (χ2v) is 3.94. The summed E-state index contributed by atoms with van der Waals surface area (Å²) in [4.78, 5) is 11.3. The van der Waals surface area contributed by atoms with Crippen LogP contribution >= 0.6 is 11.3 Å². The number of aromatic carboxylic acids is 1. The van der Waals surface area contributed by atoms with Gasteiger partial charge in [0.2, 0.25) is 0 Å². The molecule has 1 N–H and O–H groups in total. The summed E-state index contributed by atoms with van der Waals surface area (Å²) in [7, 11) is 0. The molecule has 14 heavy (non-hydrogen) atoms. The normalized spacial score (nSPS) is 16.4. The first-order valence-corrected chi connectivity index (χ1v) is 5.25. The fraction of sp³-hybridized carbons (Fsp3) is 0.300. The molecule has 2 rings (SSSR count). The van der Waals surface area contributed by atoms with Gasteiger partial charge in [0.15, 0.2) is 0 Å². The van der Waals surface area contributed by atoms with E-state index in [0.717, 1.165) is 17.6 Å². The third-order valence-electron chi connectivity index (χ3n) is 2.17. The van der Waals surface area contributed by atoms with Gasteiger partial charge in [0.1, 0.15) is 4.88 Å². The Morgan fingerprint density at radius 3 is 3.07 bits per heavy atom. The molecule has 1 aliphatic rings. The van der Waals surface area contributed by atoms with Gasteiger partial charge in [-0.2, -0.15) is 0 Å². The highest BCUT2D eigenvalue weighted by atomic mass is 32.1. The summed E-state index contributed by atoms with van der Waals surface area (Å²) in [6.07, 6.45) is 2.76. The van der Waals surface area contributed by atoms with Gasteiger partial charge in [-0.05, 0) is 23.4 Å². The number of rotatable bonds is 2.